The SMILES string of the molecule is Cn1cnc2c1c1cc(C#N)ccc1n2-c1ccc(C(F)(F)F)cc1. The molecule has 4 aromatic rings. The van der Waals surface area contributed by atoms with Gasteiger partial charge in [-0.05, 0) is 42.5 Å². The maximum atomic E-state index is 12.8. The van der Waals surface area contributed by atoms with Gasteiger partial charge in [-0.2, -0.15) is 18.4 Å². The lowest BCUT2D eigenvalue weighted by molar-refractivity contribution is -0.137. The first-order chi connectivity index (χ1) is 11.9. The van der Waals surface area contributed by atoms with Crippen molar-refractivity contribution in [3.63, 3.8) is 0 Å². The van der Waals surface area contributed by atoms with Crippen LogP contribution in [0, 0.1) is 11.3 Å². The van der Waals surface area contributed by atoms with E-state index in [4.69, 9.17) is 5.26 Å². The van der Waals surface area contributed by atoms with Crippen LogP contribution < -0.4 is 0 Å². The van der Waals surface area contributed by atoms with E-state index in [2.05, 4.69) is 11.1 Å². The molecule has 124 valence electrons. The van der Waals surface area contributed by atoms with Crippen LogP contribution in [0.4, 0.5) is 13.2 Å². The van der Waals surface area contributed by atoms with Crippen molar-refractivity contribution >= 4 is 22.1 Å². The Labute approximate surface area is 140 Å². The Morgan fingerprint density at radius 3 is 2.44 bits per heavy atom. The van der Waals surface area contributed by atoms with Gasteiger partial charge >= 0.3 is 6.18 Å². The molecule has 0 saturated heterocycles. The van der Waals surface area contributed by atoms with Crippen LogP contribution in [-0.2, 0) is 13.2 Å². The molecule has 2 aromatic heterocycles. The Morgan fingerprint density at radius 2 is 1.80 bits per heavy atom. The van der Waals surface area contributed by atoms with Crippen LogP contribution in [0.25, 0.3) is 27.8 Å². The number of aryl methyl sites for hydroxylation is 1. The molecule has 2 heterocycles. The standard InChI is InChI=1S/C18H11F3N4/c1-24-10-23-17-16(24)14-8-11(9-22)2-7-15(14)25(17)13-5-3-12(4-6-13)18(19,20)21/h2-8,10H,1H3. The summed E-state index contributed by atoms with van der Waals surface area (Å²) in [6, 6.07) is 12.3. The van der Waals surface area contributed by atoms with E-state index in [-0.39, 0.29) is 0 Å². The van der Waals surface area contributed by atoms with E-state index in [9.17, 15) is 13.2 Å². The number of hydrogen-bond acceptors (Lipinski definition) is 2. The van der Waals surface area contributed by atoms with E-state index < -0.39 is 11.7 Å². The van der Waals surface area contributed by atoms with Gasteiger partial charge in [-0.1, -0.05) is 0 Å². The van der Waals surface area contributed by atoms with Crippen molar-refractivity contribution in [3.05, 3.63) is 59.9 Å². The molecule has 0 radical (unpaired) electrons. The average molecular weight is 340 g/mol. The molecule has 0 unspecified atom stereocenters. The fourth-order valence-electron chi connectivity index (χ4n) is 3.06. The van der Waals surface area contributed by atoms with Crippen molar-refractivity contribution in [3.8, 4) is 11.8 Å². The van der Waals surface area contributed by atoms with Crippen LogP contribution in [0.5, 0.6) is 0 Å². The van der Waals surface area contributed by atoms with Crippen molar-refractivity contribution in [1.29, 1.82) is 5.26 Å². The summed E-state index contributed by atoms with van der Waals surface area (Å²) in [6.45, 7) is 0. The van der Waals surface area contributed by atoms with Gasteiger partial charge in [0.15, 0.2) is 5.65 Å². The Kier molecular flexibility index (Phi) is 3.12. The van der Waals surface area contributed by atoms with Gasteiger partial charge in [0.25, 0.3) is 0 Å². The van der Waals surface area contributed by atoms with Crippen LogP contribution >= 0.6 is 0 Å². The number of hydrogen-bond donors (Lipinski definition) is 0. The predicted octanol–water partition coefficient (Wildman–Crippen LogP) is 4.41. The van der Waals surface area contributed by atoms with Crippen molar-refractivity contribution in [2.45, 2.75) is 6.18 Å². The molecule has 0 fully saturated rings. The molecule has 0 aliphatic heterocycles. The highest BCUT2D eigenvalue weighted by Crippen LogP contribution is 2.33. The molecule has 25 heavy (non-hydrogen) atoms. The van der Waals surface area contributed by atoms with E-state index in [0.717, 1.165) is 28.6 Å². The Balaban J connectivity index is 2.02. The van der Waals surface area contributed by atoms with Crippen LogP contribution in [0.15, 0.2) is 48.8 Å². The molecule has 0 bridgehead atoms. The van der Waals surface area contributed by atoms with Crippen LogP contribution in [0.2, 0.25) is 0 Å². The van der Waals surface area contributed by atoms with Gasteiger partial charge in [0, 0.05) is 18.1 Å². The van der Waals surface area contributed by atoms with Crippen LogP contribution in [-0.4, -0.2) is 14.1 Å². The molecule has 4 rings (SSSR count). The number of nitriles is 1. The molecule has 0 amide bonds. The Hall–Kier alpha value is -3.27. The number of rotatable bonds is 1. The van der Waals surface area contributed by atoms with Crippen LogP contribution in [0.1, 0.15) is 11.1 Å². The monoisotopic (exact) mass is 340 g/mol. The van der Waals surface area contributed by atoms with Gasteiger partial charge in [-0.15, -0.1) is 0 Å². The highest BCUT2D eigenvalue weighted by Gasteiger charge is 2.30. The smallest absolute Gasteiger partial charge is 0.332 e. The number of nitrogens with zero attached hydrogens (tertiary/aromatic N) is 4. The fourth-order valence-corrected chi connectivity index (χ4v) is 3.06. The Bertz CT molecular complexity index is 1140. The normalized spacial score (nSPS) is 12.0. The number of imidazole rings is 1. The topological polar surface area (TPSA) is 46.5 Å². The first kappa shape index (κ1) is 15.3. The predicted molar refractivity (Wildman–Crippen MR) is 87.3 cm³/mol. The zero-order valence-electron chi connectivity index (χ0n) is 13.0. The zero-order valence-corrected chi connectivity index (χ0v) is 13.0. The maximum Gasteiger partial charge on any atom is 0.416 e. The number of alkyl halides is 3. The minimum atomic E-state index is -4.38. The lowest BCUT2D eigenvalue weighted by Crippen LogP contribution is -2.05. The minimum absolute atomic E-state index is 0.514. The third-order valence-electron chi connectivity index (χ3n) is 4.20. The van der Waals surface area contributed by atoms with E-state index >= 15 is 0 Å². The second kappa shape index (κ2) is 5.11. The second-order valence-electron chi connectivity index (χ2n) is 5.75. The summed E-state index contributed by atoms with van der Waals surface area (Å²) in [7, 11) is 1.84. The second-order valence-corrected chi connectivity index (χ2v) is 5.75. The molecule has 0 saturated carbocycles. The summed E-state index contributed by atoms with van der Waals surface area (Å²) in [5.74, 6) is 0. The van der Waals surface area contributed by atoms with Crippen molar-refractivity contribution in [2.75, 3.05) is 0 Å². The van der Waals surface area contributed by atoms with Gasteiger partial charge in [0.05, 0.1) is 34.6 Å². The highest BCUT2D eigenvalue weighted by molar-refractivity contribution is 6.06. The molecular formula is C18H11F3N4. The first-order valence-corrected chi connectivity index (χ1v) is 7.43. The molecule has 7 heteroatoms. The summed E-state index contributed by atoms with van der Waals surface area (Å²) >= 11 is 0. The third-order valence-corrected chi connectivity index (χ3v) is 4.20. The lowest BCUT2D eigenvalue weighted by atomic mass is 10.1. The van der Waals surface area contributed by atoms with E-state index in [1.165, 1.54) is 12.1 Å². The van der Waals surface area contributed by atoms with Gasteiger partial charge in [0.2, 0.25) is 0 Å². The molecule has 0 spiro atoms. The lowest BCUT2D eigenvalue weighted by Gasteiger charge is -2.09. The molecule has 2 aromatic carbocycles. The van der Waals surface area contributed by atoms with Crippen molar-refractivity contribution < 1.29 is 13.2 Å². The van der Waals surface area contributed by atoms with E-state index in [1.54, 1.807) is 29.1 Å². The molecular weight excluding hydrogens is 329 g/mol. The fraction of sp³-hybridized carbons (Fsp3) is 0.111. The number of aromatic nitrogens is 3. The van der Waals surface area contributed by atoms with Crippen LogP contribution in [0.3, 0.4) is 0 Å². The quantitative estimate of drug-likeness (QED) is 0.515. The molecule has 4 nitrogen and oxygen atoms in total. The zero-order chi connectivity index (χ0) is 17.8. The summed E-state index contributed by atoms with van der Waals surface area (Å²) in [4.78, 5) is 4.38. The van der Waals surface area contributed by atoms with Gasteiger partial charge < -0.3 is 4.57 Å². The molecule has 0 aliphatic rings. The van der Waals surface area contributed by atoms with Gasteiger partial charge in [-0.3, -0.25) is 4.57 Å². The highest BCUT2D eigenvalue weighted by atomic mass is 19.4. The first-order valence-electron chi connectivity index (χ1n) is 7.43. The Morgan fingerprint density at radius 1 is 1.08 bits per heavy atom. The van der Waals surface area contributed by atoms with Crippen molar-refractivity contribution in [1.82, 2.24) is 14.1 Å². The van der Waals surface area contributed by atoms with Crippen molar-refractivity contribution in [2.24, 2.45) is 7.05 Å². The molecule has 0 atom stereocenters. The van der Waals surface area contributed by atoms with E-state index in [0.29, 0.717) is 16.9 Å². The summed E-state index contributed by atoms with van der Waals surface area (Å²) in [5.41, 5.74) is 2.64. The molecule has 0 N–H and O–H groups in total. The summed E-state index contributed by atoms with van der Waals surface area (Å²) in [6.07, 6.45) is -2.73. The number of fused-ring (bicyclic) bond motifs is 3. The average Bonchev–Trinajstić information content (AvgIpc) is 3.11. The number of halogens is 3. The summed E-state index contributed by atoms with van der Waals surface area (Å²) < 4.78 is 42.0. The maximum absolute atomic E-state index is 12.8. The van der Waals surface area contributed by atoms with Gasteiger partial charge in [0.1, 0.15) is 0 Å². The third kappa shape index (κ3) is 2.26. The van der Waals surface area contributed by atoms with E-state index in [1.807, 2.05) is 11.6 Å². The largest absolute Gasteiger partial charge is 0.416 e. The number of benzene rings is 2. The summed E-state index contributed by atoms with van der Waals surface area (Å²) in [5, 5.41) is 9.96. The van der Waals surface area contributed by atoms with Gasteiger partial charge in [-0.25, -0.2) is 4.98 Å². The molecule has 0 aliphatic carbocycles. The minimum Gasteiger partial charge on any atom is -0.332 e.